The Bertz CT molecular complexity index is 482. The molecule has 0 aliphatic rings. The molecule has 1 N–H and O–H groups in total. The molecule has 86 valence electrons. The van der Waals surface area contributed by atoms with E-state index in [9.17, 15) is 0 Å². The number of hydrogen-bond acceptors (Lipinski definition) is 3. The first-order valence-corrected chi connectivity index (χ1v) is 5.29. The Labute approximate surface area is 95.1 Å². The molecule has 5 heteroatoms. The molecule has 0 bridgehead atoms. The third kappa shape index (κ3) is 1.86. The van der Waals surface area contributed by atoms with Crippen molar-refractivity contribution in [2.45, 2.75) is 13.0 Å². The summed E-state index contributed by atoms with van der Waals surface area (Å²) in [5.74, 6) is 0. The van der Waals surface area contributed by atoms with Crippen LogP contribution in [0.25, 0.3) is 0 Å². The SMILES string of the molecule is CNC(c1ccn(C)n1)c1cc(C)nn1C. The van der Waals surface area contributed by atoms with E-state index >= 15 is 0 Å². The number of aryl methyl sites for hydroxylation is 3. The minimum Gasteiger partial charge on any atom is -0.307 e. The molecule has 0 radical (unpaired) electrons. The zero-order chi connectivity index (χ0) is 11.7. The summed E-state index contributed by atoms with van der Waals surface area (Å²) in [5.41, 5.74) is 3.15. The molecule has 5 nitrogen and oxygen atoms in total. The standard InChI is InChI=1S/C11H17N5/c1-8-7-10(16(4)13-8)11(12-2)9-5-6-15(3)14-9/h5-7,11-12H,1-4H3. The molecule has 0 saturated heterocycles. The zero-order valence-electron chi connectivity index (χ0n) is 10.1. The van der Waals surface area contributed by atoms with Crippen LogP contribution >= 0.6 is 0 Å². The van der Waals surface area contributed by atoms with Gasteiger partial charge in [-0.15, -0.1) is 0 Å². The number of nitrogens with zero attached hydrogens (tertiary/aromatic N) is 4. The summed E-state index contributed by atoms with van der Waals surface area (Å²) in [6.07, 6.45) is 1.95. The Kier molecular flexibility index (Phi) is 2.78. The predicted molar refractivity (Wildman–Crippen MR) is 62.1 cm³/mol. The van der Waals surface area contributed by atoms with Crippen LogP contribution in [-0.4, -0.2) is 26.6 Å². The van der Waals surface area contributed by atoms with Gasteiger partial charge in [0, 0.05) is 20.3 Å². The van der Waals surface area contributed by atoms with E-state index in [1.807, 2.05) is 49.7 Å². The highest BCUT2D eigenvalue weighted by Gasteiger charge is 2.18. The molecule has 0 spiro atoms. The first-order chi connectivity index (χ1) is 7.61. The lowest BCUT2D eigenvalue weighted by molar-refractivity contribution is 0.582. The lowest BCUT2D eigenvalue weighted by Gasteiger charge is -2.13. The molecule has 1 atom stereocenters. The van der Waals surface area contributed by atoms with Crippen LogP contribution in [0.2, 0.25) is 0 Å². The number of nitrogens with one attached hydrogen (secondary N) is 1. The normalized spacial score (nSPS) is 13.0. The molecular formula is C11H17N5. The van der Waals surface area contributed by atoms with Crippen LogP contribution in [0.15, 0.2) is 18.3 Å². The van der Waals surface area contributed by atoms with Gasteiger partial charge in [-0.2, -0.15) is 10.2 Å². The maximum atomic E-state index is 4.42. The van der Waals surface area contributed by atoms with Gasteiger partial charge in [0.2, 0.25) is 0 Å². The van der Waals surface area contributed by atoms with Gasteiger partial charge in [0.15, 0.2) is 0 Å². The van der Waals surface area contributed by atoms with E-state index in [2.05, 4.69) is 21.6 Å². The van der Waals surface area contributed by atoms with Gasteiger partial charge in [-0.1, -0.05) is 0 Å². The number of hydrogen-bond donors (Lipinski definition) is 1. The zero-order valence-corrected chi connectivity index (χ0v) is 10.1. The Hall–Kier alpha value is -1.62. The van der Waals surface area contributed by atoms with Gasteiger partial charge in [-0.05, 0) is 26.1 Å². The third-order valence-corrected chi connectivity index (χ3v) is 2.65. The molecule has 2 aromatic rings. The van der Waals surface area contributed by atoms with Crippen LogP contribution in [0.4, 0.5) is 0 Å². The van der Waals surface area contributed by atoms with Gasteiger partial charge in [0.1, 0.15) is 0 Å². The molecule has 0 fully saturated rings. The Morgan fingerprint density at radius 1 is 1.31 bits per heavy atom. The summed E-state index contributed by atoms with van der Waals surface area (Å²) in [6, 6.07) is 4.19. The molecule has 2 rings (SSSR count). The van der Waals surface area contributed by atoms with Crippen LogP contribution < -0.4 is 5.32 Å². The lowest BCUT2D eigenvalue weighted by Crippen LogP contribution is -2.21. The van der Waals surface area contributed by atoms with Crippen molar-refractivity contribution < 1.29 is 0 Å². The fourth-order valence-electron chi connectivity index (χ4n) is 1.94. The fraction of sp³-hybridized carbons (Fsp3) is 0.455. The highest BCUT2D eigenvalue weighted by atomic mass is 15.3. The minimum atomic E-state index is 0.0902. The lowest BCUT2D eigenvalue weighted by atomic mass is 10.1. The molecule has 0 amide bonds. The summed E-state index contributed by atoms with van der Waals surface area (Å²) >= 11 is 0. The van der Waals surface area contributed by atoms with E-state index in [4.69, 9.17) is 0 Å². The second kappa shape index (κ2) is 4.09. The second-order valence-corrected chi connectivity index (χ2v) is 3.97. The highest BCUT2D eigenvalue weighted by Crippen LogP contribution is 2.20. The molecule has 0 saturated carbocycles. The van der Waals surface area contributed by atoms with E-state index in [0.717, 1.165) is 17.1 Å². The maximum Gasteiger partial charge on any atom is 0.0938 e. The van der Waals surface area contributed by atoms with Gasteiger partial charge in [-0.3, -0.25) is 9.36 Å². The summed E-state index contributed by atoms with van der Waals surface area (Å²) in [6.45, 7) is 1.99. The Morgan fingerprint density at radius 3 is 2.50 bits per heavy atom. The van der Waals surface area contributed by atoms with Crippen LogP contribution in [-0.2, 0) is 14.1 Å². The maximum absolute atomic E-state index is 4.42. The summed E-state index contributed by atoms with van der Waals surface area (Å²) in [7, 11) is 5.81. The molecule has 1 unspecified atom stereocenters. The van der Waals surface area contributed by atoms with Crippen LogP contribution in [0.5, 0.6) is 0 Å². The Balaban J connectivity index is 2.40. The predicted octanol–water partition coefficient (Wildman–Crippen LogP) is 0.771. The molecule has 16 heavy (non-hydrogen) atoms. The second-order valence-electron chi connectivity index (χ2n) is 3.97. The van der Waals surface area contributed by atoms with E-state index in [0.29, 0.717) is 0 Å². The van der Waals surface area contributed by atoms with Crippen molar-refractivity contribution in [3.8, 4) is 0 Å². The van der Waals surface area contributed by atoms with Crippen molar-refractivity contribution in [2.75, 3.05) is 7.05 Å². The van der Waals surface area contributed by atoms with Crippen molar-refractivity contribution in [1.82, 2.24) is 24.9 Å². The van der Waals surface area contributed by atoms with Crippen molar-refractivity contribution in [3.05, 3.63) is 35.4 Å². The quantitative estimate of drug-likeness (QED) is 0.829. The van der Waals surface area contributed by atoms with Gasteiger partial charge in [0.25, 0.3) is 0 Å². The van der Waals surface area contributed by atoms with Crippen molar-refractivity contribution in [1.29, 1.82) is 0 Å². The molecule has 0 aliphatic heterocycles. The van der Waals surface area contributed by atoms with Crippen molar-refractivity contribution in [2.24, 2.45) is 14.1 Å². The first kappa shape index (κ1) is 10.9. The largest absolute Gasteiger partial charge is 0.307 e. The molecule has 2 aromatic heterocycles. The fourth-order valence-corrected chi connectivity index (χ4v) is 1.94. The summed E-state index contributed by atoms with van der Waals surface area (Å²) in [5, 5.41) is 12.0. The average molecular weight is 219 g/mol. The van der Waals surface area contributed by atoms with Crippen LogP contribution in [0.3, 0.4) is 0 Å². The number of rotatable bonds is 3. The molecule has 2 heterocycles. The molecular weight excluding hydrogens is 202 g/mol. The van der Waals surface area contributed by atoms with Crippen molar-refractivity contribution in [3.63, 3.8) is 0 Å². The van der Waals surface area contributed by atoms with Gasteiger partial charge < -0.3 is 5.32 Å². The summed E-state index contributed by atoms with van der Waals surface area (Å²) < 4.78 is 3.70. The monoisotopic (exact) mass is 219 g/mol. The van der Waals surface area contributed by atoms with Crippen LogP contribution in [0.1, 0.15) is 23.1 Å². The van der Waals surface area contributed by atoms with Crippen molar-refractivity contribution >= 4 is 0 Å². The van der Waals surface area contributed by atoms with Gasteiger partial charge in [-0.25, -0.2) is 0 Å². The Morgan fingerprint density at radius 2 is 2.06 bits per heavy atom. The highest BCUT2D eigenvalue weighted by molar-refractivity contribution is 5.22. The average Bonchev–Trinajstić information content (AvgIpc) is 2.76. The molecule has 0 aromatic carbocycles. The number of aromatic nitrogens is 4. The van der Waals surface area contributed by atoms with E-state index in [-0.39, 0.29) is 6.04 Å². The van der Waals surface area contributed by atoms with E-state index < -0.39 is 0 Å². The smallest absolute Gasteiger partial charge is 0.0938 e. The van der Waals surface area contributed by atoms with Crippen LogP contribution in [0, 0.1) is 6.92 Å². The van der Waals surface area contributed by atoms with Gasteiger partial charge >= 0.3 is 0 Å². The van der Waals surface area contributed by atoms with Gasteiger partial charge in [0.05, 0.1) is 23.1 Å². The third-order valence-electron chi connectivity index (χ3n) is 2.65. The minimum absolute atomic E-state index is 0.0902. The summed E-state index contributed by atoms with van der Waals surface area (Å²) in [4.78, 5) is 0. The molecule has 0 aliphatic carbocycles. The van der Waals surface area contributed by atoms with E-state index in [1.165, 1.54) is 0 Å². The van der Waals surface area contributed by atoms with E-state index in [1.54, 1.807) is 0 Å². The first-order valence-electron chi connectivity index (χ1n) is 5.29. The topological polar surface area (TPSA) is 47.7 Å².